The number of pyridine rings is 1. The fourth-order valence-corrected chi connectivity index (χ4v) is 6.39. The number of ether oxygens (including phenoxy) is 2. The van der Waals surface area contributed by atoms with Gasteiger partial charge in [0.15, 0.2) is 0 Å². The number of hydrogen-bond donors (Lipinski definition) is 0. The average Bonchev–Trinajstić information content (AvgIpc) is 3.22. The lowest BCUT2D eigenvalue weighted by Crippen LogP contribution is -2.51. The van der Waals surface area contributed by atoms with Gasteiger partial charge in [-0.25, -0.2) is 0 Å². The maximum atomic E-state index is 13.9. The summed E-state index contributed by atoms with van der Waals surface area (Å²) >= 11 is 0. The summed E-state index contributed by atoms with van der Waals surface area (Å²) in [4.78, 5) is 40.8. The number of aromatic nitrogens is 1. The summed E-state index contributed by atoms with van der Waals surface area (Å²) in [6.07, 6.45) is 1.89. The van der Waals surface area contributed by atoms with Gasteiger partial charge in [-0.05, 0) is 48.6 Å². The maximum Gasteiger partial charge on any atom is 0.261 e. The van der Waals surface area contributed by atoms with Crippen molar-refractivity contribution in [2.75, 3.05) is 6.54 Å². The summed E-state index contributed by atoms with van der Waals surface area (Å²) < 4.78 is 15.1. The van der Waals surface area contributed by atoms with Gasteiger partial charge in [0, 0.05) is 31.1 Å². The van der Waals surface area contributed by atoms with Gasteiger partial charge < -0.3 is 14.0 Å². The van der Waals surface area contributed by atoms with Crippen molar-refractivity contribution < 1.29 is 19.1 Å². The lowest BCUT2D eigenvalue weighted by molar-refractivity contribution is -0.233. The molecule has 0 N–H and O–H groups in total. The molecule has 7 rings (SSSR count). The number of amides is 2. The van der Waals surface area contributed by atoms with E-state index in [4.69, 9.17) is 9.47 Å². The molecule has 206 valence electrons. The lowest BCUT2D eigenvalue weighted by Gasteiger charge is -2.46. The zero-order valence-electron chi connectivity index (χ0n) is 22.8. The summed E-state index contributed by atoms with van der Waals surface area (Å²) in [5, 5.41) is 0. The second-order valence-corrected chi connectivity index (χ2v) is 11.1. The maximum absolute atomic E-state index is 13.9. The molecule has 7 heteroatoms. The van der Waals surface area contributed by atoms with Crippen LogP contribution in [0.1, 0.15) is 74.0 Å². The van der Waals surface area contributed by atoms with Crippen LogP contribution in [0.15, 0.2) is 89.7 Å². The summed E-state index contributed by atoms with van der Waals surface area (Å²) in [5.41, 5.74) is 5.32. The van der Waals surface area contributed by atoms with Crippen LogP contribution in [0.3, 0.4) is 0 Å². The van der Waals surface area contributed by atoms with Gasteiger partial charge in [-0.15, -0.1) is 0 Å². The summed E-state index contributed by atoms with van der Waals surface area (Å²) in [5.74, 6) is -0.838. The number of carbonyl (C=O) groups is 2. The van der Waals surface area contributed by atoms with Crippen LogP contribution < -0.4 is 10.3 Å². The van der Waals surface area contributed by atoms with E-state index in [1.165, 1.54) is 4.90 Å². The Balaban J connectivity index is 1.15. The highest BCUT2D eigenvalue weighted by molar-refractivity contribution is 6.21. The number of hydrogen-bond acceptors (Lipinski definition) is 5. The summed E-state index contributed by atoms with van der Waals surface area (Å²) in [6.45, 7) is 2.74. The molecule has 3 aromatic carbocycles. The average molecular weight is 547 g/mol. The van der Waals surface area contributed by atoms with Gasteiger partial charge >= 0.3 is 0 Å². The van der Waals surface area contributed by atoms with E-state index in [-0.39, 0.29) is 17.4 Å². The van der Waals surface area contributed by atoms with Gasteiger partial charge in [-0.2, -0.15) is 0 Å². The number of rotatable bonds is 7. The molecule has 7 nitrogen and oxygen atoms in total. The Hall–Kier alpha value is -4.49. The molecule has 3 aliphatic heterocycles. The molecule has 1 aromatic heterocycles. The Bertz CT molecular complexity index is 1710. The number of carbonyl (C=O) groups excluding carboxylic acids is 2. The van der Waals surface area contributed by atoms with Gasteiger partial charge in [-0.1, -0.05) is 66.7 Å². The van der Waals surface area contributed by atoms with Crippen LogP contribution in [0.4, 0.5) is 0 Å². The second-order valence-electron chi connectivity index (χ2n) is 11.1. The van der Waals surface area contributed by atoms with Gasteiger partial charge in [0.05, 0.1) is 23.2 Å². The number of imide groups is 1. The molecule has 1 unspecified atom stereocenters. The Morgan fingerprint density at radius 1 is 0.854 bits per heavy atom. The first kappa shape index (κ1) is 25.5. The van der Waals surface area contributed by atoms with E-state index in [1.807, 2.05) is 61.5 Å². The predicted molar refractivity (Wildman–Crippen MR) is 153 cm³/mol. The summed E-state index contributed by atoms with van der Waals surface area (Å²) in [7, 11) is 0. The molecule has 0 radical (unpaired) electrons. The molecule has 2 atom stereocenters. The molecule has 0 saturated heterocycles. The molecule has 4 heterocycles. The standard InChI is InChI=1S/C34H30N2O5/c1-22-19-28-29(33(39)36(22)21-23-11-3-2-4-12-23)30-25-14-6-5-13-24(25)20-34(40-28,41-30)17-9-10-18-35-31(37)26-15-7-8-16-27(26)32(35)38/h2-8,11-16,19,30H,9-10,17-18,20-21H2,1H3/t30?,34-/m1/s1. The van der Waals surface area contributed by atoms with Gasteiger partial charge in [0.2, 0.25) is 5.79 Å². The molecule has 0 spiro atoms. The Kier molecular flexibility index (Phi) is 6.12. The van der Waals surface area contributed by atoms with Crippen LogP contribution in [0.5, 0.6) is 5.75 Å². The molecule has 2 bridgehead atoms. The van der Waals surface area contributed by atoms with Crippen molar-refractivity contribution in [2.24, 2.45) is 0 Å². The number of fused-ring (bicyclic) bond motifs is 7. The summed E-state index contributed by atoms with van der Waals surface area (Å²) in [6, 6.07) is 26.9. The van der Waals surface area contributed by atoms with Crippen molar-refractivity contribution in [2.45, 2.75) is 51.0 Å². The minimum atomic E-state index is -0.932. The molecule has 2 amide bonds. The topological polar surface area (TPSA) is 77.8 Å². The number of benzene rings is 3. The second kappa shape index (κ2) is 9.85. The number of unbranched alkanes of at least 4 members (excludes halogenated alkanes) is 1. The van der Waals surface area contributed by atoms with Crippen molar-refractivity contribution in [1.82, 2.24) is 9.47 Å². The Morgan fingerprint density at radius 3 is 2.29 bits per heavy atom. The fourth-order valence-electron chi connectivity index (χ4n) is 6.39. The number of aryl methyl sites for hydroxylation is 1. The van der Waals surface area contributed by atoms with Crippen molar-refractivity contribution in [3.63, 3.8) is 0 Å². The molecule has 3 aliphatic rings. The van der Waals surface area contributed by atoms with E-state index in [9.17, 15) is 14.4 Å². The highest BCUT2D eigenvalue weighted by Crippen LogP contribution is 2.48. The minimum Gasteiger partial charge on any atom is -0.461 e. The first-order valence-electron chi connectivity index (χ1n) is 14.1. The molecule has 0 saturated carbocycles. The largest absolute Gasteiger partial charge is 0.461 e. The van der Waals surface area contributed by atoms with E-state index in [0.717, 1.165) is 22.4 Å². The zero-order valence-corrected chi connectivity index (χ0v) is 22.8. The smallest absolute Gasteiger partial charge is 0.261 e. The highest BCUT2D eigenvalue weighted by atomic mass is 16.7. The van der Waals surface area contributed by atoms with Crippen LogP contribution in [-0.2, 0) is 17.7 Å². The van der Waals surface area contributed by atoms with Crippen molar-refractivity contribution in [3.8, 4) is 5.75 Å². The molecule has 4 aromatic rings. The van der Waals surface area contributed by atoms with Gasteiger partial charge in [0.25, 0.3) is 17.4 Å². The fraction of sp³-hybridized carbons (Fsp3) is 0.265. The SMILES string of the molecule is Cc1cc2c(c(=O)n1Cc1ccccc1)C1O[C@](CCCCN3C(=O)c4ccccc4C3=O)(Cc3ccccc31)O2. The van der Waals surface area contributed by atoms with E-state index >= 15 is 0 Å². The third-order valence-electron chi connectivity index (χ3n) is 8.45. The number of nitrogens with zero attached hydrogens (tertiary/aromatic N) is 2. The van der Waals surface area contributed by atoms with Crippen molar-refractivity contribution >= 4 is 11.8 Å². The van der Waals surface area contributed by atoms with Crippen molar-refractivity contribution in [1.29, 1.82) is 0 Å². The van der Waals surface area contributed by atoms with Crippen LogP contribution in [-0.4, -0.2) is 33.6 Å². The van der Waals surface area contributed by atoms with Crippen LogP contribution >= 0.6 is 0 Å². The van der Waals surface area contributed by atoms with Crippen LogP contribution in [0.2, 0.25) is 0 Å². The first-order chi connectivity index (χ1) is 19.9. The quantitative estimate of drug-likeness (QED) is 0.228. The first-order valence-corrected chi connectivity index (χ1v) is 14.1. The van der Waals surface area contributed by atoms with E-state index < -0.39 is 11.9 Å². The minimum absolute atomic E-state index is 0.107. The van der Waals surface area contributed by atoms with Crippen LogP contribution in [0.25, 0.3) is 0 Å². The van der Waals surface area contributed by atoms with E-state index in [2.05, 4.69) is 6.07 Å². The zero-order chi connectivity index (χ0) is 28.1. The van der Waals surface area contributed by atoms with Crippen molar-refractivity contribution in [3.05, 3.63) is 134 Å². The predicted octanol–water partition coefficient (Wildman–Crippen LogP) is 5.42. The third-order valence-corrected chi connectivity index (χ3v) is 8.45. The van der Waals surface area contributed by atoms with E-state index in [0.29, 0.717) is 61.2 Å². The highest BCUT2D eigenvalue weighted by Gasteiger charge is 2.48. The molecular formula is C34H30N2O5. The lowest BCUT2D eigenvalue weighted by atomic mass is 9.85. The Labute approximate surface area is 238 Å². The molecule has 0 fully saturated rings. The molecule has 0 aliphatic carbocycles. The third kappa shape index (κ3) is 4.28. The Morgan fingerprint density at radius 2 is 1.54 bits per heavy atom. The molecular weight excluding hydrogens is 516 g/mol. The van der Waals surface area contributed by atoms with Gasteiger partial charge in [-0.3, -0.25) is 19.3 Å². The van der Waals surface area contributed by atoms with Crippen LogP contribution in [0, 0.1) is 6.92 Å². The normalized spacial score (nSPS) is 20.3. The van der Waals surface area contributed by atoms with Gasteiger partial charge in [0.1, 0.15) is 11.9 Å². The molecule has 41 heavy (non-hydrogen) atoms. The monoisotopic (exact) mass is 546 g/mol. The van der Waals surface area contributed by atoms with E-state index in [1.54, 1.807) is 28.8 Å².